The van der Waals surface area contributed by atoms with E-state index in [9.17, 15) is 9.59 Å². The van der Waals surface area contributed by atoms with Crippen LogP contribution in [0.1, 0.15) is 24.2 Å². The lowest BCUT2D eigenvalue weighted by Gasteiger charge is -2.37. The first kappa shape index (κ1) is 13.8. The highest BCUT2D eigenvalue weighted by Gasteiger charge is 2.30. The molecule has 0 spiro atoms. The Morgan fingerprint density at radius 3 is 2.89 bits per heavy atom. The standard InChI is InChI=1S/C12H16N2O4S/c1-12(2)7-14(4-5-18-12)11(17)13-9-8(10(15)16)3-6-19-9/h3,6H,4-5,7H2,1-2H3,(H,13,17)(H,15,16). The van der Waals surface area contributed by atoms with E-state index in [2.05, 4.69) is 5.32 Å². The molecule has 0 saturated carbocycles. The Bertz CT molecular complexity index is 498. The molecule has 1 aromatic heterocycles. The van der Waals surface area contributed by atoms with Crippen LogP contribution < -0.4 is 5.32 Å². The molecule has 1 saturated heterocycles. The van der Waals surface area contributed by atoms with E-state index >= 15 is 0 Å². The SMILES string of the molecule is CC1(C)CN(C(=O)Nc2sccc2C(=O)O)CCO1. The summed E-state index contributed by atoms with van der Waals surface area (Å²) < 4.78 is 5.53. The lowest BCUT2D eigenvalue weighted by Crippen LogP contribution is -2.51. The monoisotopic (exact) mass is 284 g/mol. The van der Waals surface area contributed by atoms with Gasteiger partial charge < -0.3 is 14.7 Å². The number of morpholine rings is 1. The molecule has 7 heteroatoms. The molecule has 2 N–H and O–H groups in total. The average Bonchev–Trinajstić information content (AvgIpc) is 2.75. The van der Waals surface area contributed by atoms with Gasteiger partial charge in [-0.15, -0.1) is 11.3 Å². The topological polar surface area (TPSA) is 78.9 Å². The van der Waals surface area contributed by atoms with Crippen molar-refractivity contribution in [2.75, 3.05) is 25.0 Å². The second-order valence-electron chi connectivity index (χ2n) is 4.93. The number of aromatic carboxylic acids is 1. The Morgan fingerprint density at radius 2 is 2.26 bits per heavy atom. The third-order valence-corrected chi connectivity index (χ3v) is 3.66. The molecule has 2 amide bonds. The number of ether oxygens (including phenoxy) is 1. The van der Waals surface area contributed by atoms with Gasteiger partial charge in [0.05, 0.1) is 24.3 Å². The molecule has 0 aliphatic carbocycles. The summed E-state index contributed by atoms with van der Waals surface area (Å²) in [7, 11) is 0. The number of urea groups is 1. The molecule has 0 unspecified atom stereocenters. The minimum atomic E-state index is -1.04. The summed E-state index contributed by atoms with van der Waals surface area (Å²) in [6.07, 6.45) is 0. The predicted octanol–water partition coefficient (Wildman–Crippen LogP) is 2.09. The van der Waals surface area contributed by atoms with Crippen LogP contribution in [0.2, 0.25) is 0 Å². The van der Waals surface area contributed by atoms with Crippen molar-refractivity contribution in [3.8, 4) is 0 Å². The molecule has 1 aliphatic rings. The van der Waals surface area contributed by atoms with Crippen molar-refractivity contribution < 1.29 is 19.4 Å². The Kier molecular flexibility index (Phi) is 3.77. The number of thiophene rings is 1. The summed E-state index contributed by atoms with van der Waals surface area (Å²) in [6, 6.07) is 1.19. The van der Waals surface area contributed by atoms with Crippen molar-refractivity contribution in [2.45, 2.75) is 19.4 Å². The van der Waals surface area contributed by atoms with Crippen molar-refractivity contribution in [3.63, 3.8) is 0 Å². The molecule has 2 rings (SSSR count). The molecule has 6 nitrogen and oxygen atoms in total. The molecule has 0 radical (unpaired) electrons. The van der Waals surface area contributed by atoms with E-state index in [1.54, 1.807) is 10.3 Å². The zero-order valence-electron chi connectivity index (χ0n) is 10.8. The first-order valence-corrected chi connectivity index (χ1v) is 6.78. The normalized spacial score (nSPS) is 18.1. The number of carboxylic acids is 1. The van der Waals surface area contributed by atoms with Gasteiger partial charge in [-0.3, -0.25) is 5.32 Å². The van der Waals surface area contributed by atoms with Gasteiger partial charge in [-0.1, -0.05) is 0 Å². The molecule has 2 heterocycles. The Labute approximate surface area is 115 Å². The predicted molar refractivity (Wildman–Crippen MR) is 71.9 cm³/mol. The van der Waals surface area contributed by atoms with Gasteiger partial charge in [0.15, 0.2) is 0 Å². The quantitative estimate of drug-likeness (QED) is 0.871. The fourth-order valence-electron chi connectivity index (χ4n) is 1.94. The number of nitrogens with zero attached hydrogens (tertiary/aromatic N) is 1. The summed E-state index contributed by atoms with van der Waals surface area (Å²) in [5.41, 5.74) is -0.258. The van der Waals surface area contributed by atoms with Crippen molar-refractivity contribution in [3.05, 3.63) is 17.0 Å². The lowest BCUT2D eigenvalue weighted by atomic mass is 10.1. The summed E-state index contributed by atoms with van der Waals surface area (Å²) in [6.45, 7) is 5.30. The number of carboxylic acid groups (broad SMARTS) is 1. The van der Waals surface area contributed by atoms with Gasteiger partial charge in [-0.05, 0) is 25.3 Å². The number of anilines is 1. The molecule has 1 aromatic rings. The number of carbonyl (C=O) groups is 2. The van der Waals surface area contributed by atoms with Gasteiger partial charge in [-0.25, -0.2) is 9.59 Å². The number of hydrogen-bond donors (Lipinski definition) is 2. The van der Waals surface area contributed by atoms with Crippen molar-refractivity contribution in [1.29, 1.82) is 0 Å². The first-order valence-electron chi connectivity index (χ1n) is 5.90. The Balaban J connectivity index is 2.05. The van der Waals surface area contributed by atoms with E-state index in [4.69, 9.17) is 9.84 Å². The number of rotatable bonds is 2. The second-order valence-corrected chi connectivity index (χ2v) is 5.84. The summed E-state index contributed by atoms with van der Waals surface area (Å²) in [5, 5.41) is 13.6. The molecule has 0 aromatic carbocycles. The molecule has 0 atom stereocenters. The van der Waals surface area contributed by atoms with Gasteiger partial charge in [0, 0.05) is 6.54 Å². The highest BCUT2D eigenvalue weighted by Crippen LogP contribution is 2.24. The van der Waals surface area contributed by atoms with Crippen LogP contribution in [0, 0.1) is 0 Å². The van der Waals surface area contributed by atoms with Gasteiger partial charge in [-0.2, -0.15) is 0 Å². The molecule has 1 fully saturated rings. The maximum atomic E-state index is 12.1. The molecule has 19 heavy (non-hydrogen) atoms. The average molecular weight is 284 g/mol. The van der Waals surface area contributed by atoms with Crippen molar-refractivity contribution in [2.24, 2.45) is 0 Å². The zero-order valence-corrected chi connectivity index (χ0v) is 11.6. The smallest absolute Gasteiger partial charge is 0.338 e. The Hall–Kier alpha value is -1.60. The van der Waals surface area contributed by atoms with E-state index in [0.29, 0.717) is 24.7 Å². The molecule has 0 bridgehead atoms. The highest BCUT2D eigenvalue weighted by molar-refractivity contribution is 7.14. The Morgan fingerprint density at radius 1 is 1.53 bits per heavy atom. The van der Waals surface area contributed by atoms with Crippen LogP contribution >= 0.6 is 11.3 Å². The van der Waals surface area contributed by atoms with E-state index < -0.39 is 5.97 Å². The van der Waals surface area contributed by atoms with Crippen LogP contribution in [0.3, 0.4) is 0 Å². The van der Waals surface area contributed by atoms with Gasteiger partial charge in [0.2, 0.25) is 0 Å². The van der Waals surface area contributed by atoms with Crippen LogP contribution in [-0.4, -0.2) is 47.3 Å². The highest BCUT2D eigenvalue weighted by atomic mass is 32.1. The number of amides is 2. The molecule has 1 aliphatic heterocycles. The van der Waals surface area contributed by atoms with E-state index in [1.807, 2.05) is 13.8 Å². The first-order chi connectivity index (χ1) is 8.89. The fraction of sp³-hybridized carbons (Fsp3) is 0.500. The van der Waals surface area contributed by atoms with E-state index in [1.165, 1.54) is 17.4 Å². The van der Waals surface area contributed by atoms with Gasteiger partial charge in [0.25, 0.3) is 0 Å². The minimum Gasteiger partial charge on any atom is -0.478 e. The number of hydrogen-bond acceptors (Lipinski definition) is 4. The van der Waals surface area contributed by atoms with Crippen LogP contribution in [-0.2, 0) is 4.74 Å². The summed E-state index contributed by atoms with van der Waals surface area (Å²) >= 11 is 1.20. The molecular formula is C12H16N2O4S. The fourth-order valence-corrected chi connectivity index (χ4v) is 2.71. The third-order valence-electron chi connectivity index (χ3n) is 2.83. The lowest BCUT2D eigenvalue weighted by molar-refractivity contribution is -0.0720. The maximum Gasteiger partial charge on any atom is 0.338 e. The van der Waals surface area contributed by atoms with Crippen LogP contribution in [0.4, 0.5) is 9.80 Å². The maximum absolute atomic E-state index is 12.1. The van der Waals surface area contributed by atoms with Crippen LogP contribution in [0.15, 0.2) is 11.4 Å². The van der Waals surface area contributed by atoms with Crippen molar-refractivity contribution in [1.82, 2.24) is 4.90 Å². The summed E-state index contributed by atoms with van der Waals surface area (Å²) in [5.74, 6) is -1.04. The molecular weight excluding hydrogens is 268 g/mol. The zero-order chi connectivity index (χ0) is 14.0. The van der Waals surface area contributed by atoms with Crippen molar-refractivity contribution >= 4 is 28.3 Å². The second kappa shape index (κ2) is 5.18. The number of nitrogens with one attached hydrogen (secondary N) is 1. The van der Waals surface area contributed by atoms with Crippen LogP contribution in [0.25, 0.3) is 0 Å². The van der Waals surface area contributed by atoms with E-state index in [-0.39, 0.29) is 17.2 Å². The largest absolute Gasteiger partial charge is 0.478 e. The number of carbonyl (C=O) groups excluding carboxylic acids is 1. The minimum absolute atomic E-state index is 0.117. The molecule has 104 valence electrons. The van der Waals surface area contributed by atoms with Gasteiger partial charge >= 0.3 is 12.0 Å². The van der Waals surface area contributed by atoms with E-state index in [0.717, 1.165) is 0 Å². The van der Waals surface area contributed by atoms with Crippen LogP contribution in [0.5, 0.6) is 0 Å². The van der Waals surface area contributed by atoms with Gasteiger partial charge in [0.1, 0.15) is 5.00 Å². The third kappa shape index (κ3) is 3.24. The summed E-state index contributed by atoms with van der Waals surface area (Å²) in [4.78, 5) is 24.7.